The molecule has 8 heteroatoms. The van der Waals surface area contributed by atoms with Crippen LogP contribution < -0.4 is 5.32 Å². The number of carbonyl (C=O) groups excluding carboxylic acids is 2. The number of hydrogen-bond acceptors (Lipinski definition) is 4. The van der Waals surface area contributed by atoms with Gasteiger partial charge in [0.25, 0.3) is 5.91 Å². The van der Waals surface area contributed by atoms with Gasteiger partial charge in [-0.15, -0.1) is 0 Å². The van der Waals surface area contributed by atoms with E-state index in [1.54, 1.807) is 18.7 Å². The van der Waals surface area contributed by atoms with E-state index in [1.807, 2.05) is 6.92 Å². The Hall–Kier alpha value is -2.22. The summed E-state index contributed by atoms with van der Waals surface area (Å²) < 4.78 is 21.0. The number of esters is 1. The second kappa shape index (κ2) is 7.12. The number of anilines is 1. The van der Waals surface area contributed by atoms with Crippen LogP contribution >= 0.6 is 15.9 Å². The van der Waals surface area contributed by atoms with Gasteiger partial charge in [-0.2, -0.15) is 5.10 Å². The number of hydrogen-bond donors (Lipinski definition) is 1. The summed E-state index contributed by atoms with van der Waals surface area (Å²) in [6.45, 7) is 4.99. The molecule has 2 rings (SSSR count). The molecule has 0 bridgehead atoms. The molecule has 0 aliphatic carbocycles. The third-order valence-electron chi connectivity index (χ3n) is 3.56. The summed E-state index contributed by atoms with van der Waals surface area (Å²) in [5.41, 5.74) is 1.77. The van der Waals surface area contributed by atoms with Gasteiger partial charge in [-0.05, 0) is 39.0 Å². The molecule has 0 saturated heterocycles. The Kier molecular flexibility index (Phi) is 5.38. The highest BCUT2D eigenvalue weighted by molar-refractivity contribution is 9.10. The van der Waals surface area contributed by atoms with E-state index >= 15 is 0 Å². The number of nitrogens with zero attached hydrogens (tertiary/aromatic N) is 2. The van der Waals surface area contributed by atoms with Crippen molar-refractivity contribution in [2.75, 3.05) is 5.32 Å². The van der Waals surface area contributed by atoms with Crippen molar-refractivity contribution in [2.45, 2.75) is 26.9 Å². The van der Waals surface area contributed by atoms with Crippen molar-refractivity contribution in [3.63, 3.8) is 0 Å². The van der Waals surface area contributed by atoms with Gasteiger partial charge in [-0.1, -0.05) is 15.9 Å². The van der Waals surface area contributed by atoms with Crippen molar-refractivity contribution in [2.24, 2.45) is 7.05 Å². The van der Waals surface area contributed by atoms with Crippen LogP contribution in [0.5, 0.6) is 0 Å². The molecular weight excluding hydrogens is 381 g/mol. The monoisotopic (exact) mass is 397 g/mol. The first-order chi connectivity index (χ1) is 11.2. The van der Waals surface area contributed by atoms with E-state index in [1.165, 1.54) is 19.1 Å². The largest absolute Gasteiger partial charge is 0.449 e. The molecule has 6 nitrogen and oxygen atoms in total. The van der Waals surface area contributed by atoms with Gasteiger partial charge >= 0.3 is 5.97 Å². The van der Waals surface area contributed by atoms with Crippen LogP contribution in [0.3, 0.4) is 0 Å². The van der Waals surface area contributed by atoms with E-state index in [-0.39, 0.29) is 5.56 Å². The quantitative estimate of drug-likeness (QED) is 0.804. The van der Waals surface area contributed by atoms with Crippen molar-refractivity contribution in [3.8, 4) is 0 Å². The lowest BCUT2D eigenvalue weighted by Crippen LogP contribution is -2.30. The van der Waals surface area contributed by atoms with Gasteiger partial charge < -0.3 is 10.1 Å². The number of amides is 1. The molecule has 0 saturated carbocycles. The first kappa shape index (κ1) is 18.1. The molecule has 1 amide bonds. The summed E-state index contributed by atoms with van der Waals surface area (Å²) in [6, 6.07) is 3.97. The van der Waals surface area contributed by atoms with Gasteiger partial charge in [0.15, 0.2) is 6.10 Å². The average molecular weight is 398 g/mol. The van der Waals surface area contributed by atoms with Crippen LogP contribution in [-0.4, -0.2) is 27.8 Å². The predicted molar refractivity (Wildman–Crippen MR) is 90.3 cm³/mol. The van der Waals surface area contributed by atoms with Gasteiger partial charge in [-0.25, -0.2) is 9.18 Å². The van der Waals surface area contributed by atoms with Gasteiger partial charge in [0.2, 0.25) is 0 Å². The van der Waals surface area contributed by atoms with Crippen LogP contribution in [0.1, 0.15) is 28.7 Å². The highest BCUT2D eigenvalue weighted by Crippen LogP contribution is 2.20. The summed E-state index contributed by atoms with van der Waals surface area (Å²) in [5, 5.41) is 6.87. The number of rotatable bonds is 4. The molecule has 1 atom stereocenters. The first-order valence-electron chi connectivity index (χ1n) is 7.17. The average Bonchev–Trinajstić information content (AvgIpc) is 2.73. The Morgan fingerprint density at radius 1 is 1.38 bits per heavy atom. The molecule has 1 aromatic heterocycles. The van der Waals surface area contributed by atoms with Crippen LogP contribution in [0.25, 0.3) is 0 Å². The van der Waals surface area contributed by atoms with Gasteiger partial charge in [0, 0.05) is 11.5 Å². The molecule has 128 valence electrons. The zero-order valence-corrected chi connectivity index (χ0v) is 15.3. The Bertz CT molecular complexity index is 804. The number of nitrogens with one attached hydrogen (secondary N) is 1. The minimum atomic E-state index is -1.08. The molecule has 0 radical (unpaired) electrons. The summed E-state index contributed by atoms with van der Waals surface area (Å²) in [6.07, 6.45) is -1.08. The van der Waals surface area contributed by atoms with Crippen LogP contribution in [-0.2, 0) is 16.6 Å². The SMILES string of the molecule is Cc1nn(C)c(C)c1NC(=O)[C@@H](C)OC(=O)c1ccc(Br)cc1F. The fraction of sp³-hybridized carbons (Fsp3) is 0.312. The van der Waals surface area contributed by atoms with E-state index in [0.29, 0.717) is 15.9 Å². The molecule has 1 N–H and O–H groups in total. The molecule has 2 aromatic rings. The highest BCUT2D eigenvalue weighted by atomic mass is 79.9. The van der Waals surface area contributed by atoms with E-state index in [0.717, 1.165) is 11.8 Å². The van der Waals surface area contributed by atoms with Crippen LogP contribution in [0.4, 0.5) is 10.1 Å². The normalized spacial score (nSPS) is 11.9. The first-order valence-corrected chi connectivity index (χ1v) is 7.97. The zero-order chi connectivity index (χ0) is 18.0. The summed E-state index contributed by atoms with van der Waals surface area (Å²) in [7, 11) is 1.76. The summed E-state index contributed by atoms with van der Waals surface area (Å²) in [5.74, 6) is -2.14. The maximum atomic E-state index is 13.8. The predicted octanol–water partition coefficient (Wildman–Crippen LogP) is 3.12. The second-order valence-electron chi connectivity index (χ2n) is 5.33. The number of carbonyl (C=O) groups is 2. The Morgan fingerprint density at radius 3 is 2.58 bits per heavy atom. The molecule has 0 unspecified atom stereocenters. The third-order valence-corrected chi connectivity index (χ3v) is 4.05. The van der Waals surface area contributed by atoms with E-state index in [9.17, 15) is 14.0 Å². The van der Waals surface area contributed by atoms with E-state index in [2.05, 4.69) is 26.3 Å². The second-order valence-corrected chi connectivity index (χ2v) is 6.25. The van der Waals surface area contributed by atoms with E-state index < -0.39 is 23.8 Å². The molecule has 0 aliphatic rings. The minimum absolute atomic E-state index is 0.230. The Morgan fingerprint density at radius 2 is 2.04 bits per heavy atom. The topological polar surface area (TPSA) is 73.2 Å². The highest BCUT2D eigenvalue weighted by Gasteiger charge is 2.23. The van der Waals surface area contributed by atoms with E-state index in [4.69, 9.17) is 4.74 Å². The molecule has 0 spiro atoms. The lowest BCUT2D eigenvalue weighted by atomic mass is 10.2. The number of benzene rings is 1. The maximum absolute atomic E-state index is 13.8. The molecule has 24 heavy (non-hydrogen) atoms. The molecule has 0 aliphatic heterocycles. The Labute approximate surface area is 147 Å². The van der Waals surface area contributed by atoms with Crippen molar-refractivity contribution in [1.29, 1.82) is 0 Å². The van der Waals surface area contributed by atoms with Gasteiger partial charge in [0.1, 0.15) is 5.82 Å². The molecule has 1 aromatic carbocycles. The number of aryl methyl sites for hydroxylation is 2. The molecule has 0 fully saturated rings. The zero-order valence-electron chi connectivity index (χ0n) is 13.7. The van der Waals surface area contributed by atoms with Crippen LogP contribution in [0, 0.1) is 19.7 Å². The molecule has 1 heterocycles. The van der Waals surface area contributed by atoms with Crippen molar-refractivity contribution in [1.82, 2.24) is 9.78 Å². The maximum Gasteiger partial charge on any atom is 0.341 e. The van der Waals surface area contributed by atoms with Crippen LogP contribution in [0.2, 0.25) is 0 Å². The minimum Gasteiger partial charge on any atom is -0.449 e. The third kappa shape index (κ3) is 3.81. The standard InChI is InChI=1S/C16H17BrFN3O3/c1-8-14(9(2)21(4)20-8)19-15(22)10(3)24-16(23)12-6-5-11(17)7-13(12)18/h5-7,10H,1-4H3,(H,19,22)/t10-/m1/s1. The summed E-state index contributed by atoms with van der Waals surface area (Å²) in [4.78, 5) is 24.2. The number of halogens is 2. The lowest BCUT2D eigenvalue weighted by molar-refractivity contribution is -0.123. The number of aromatic nitrogens is 2. The fourth-order valence-corrected chi connectivity index (χ4v) is 2.45. The van der Waals surface area contributed by atoms with Crippen molar-refractivity contribution in [3.05, 3.63) is 45.4 Å². The van der Waals surface area contributed by atoms with Crippen molar-refractivity contribution >= 4 is 33.5 Å². The number of ether oxygens (including phenoxy) is 1. The fourth-order valence-electron chi connectivity index (χ4n) is 2.11. The van der Waals surface area contributed by atoms with Gasteiger partial charge in [0.05, 0.1) is 22.6 Å². The van der Waals surface area contributed by atoms with Crippen LogP contribution in [0.15, 0.2) is 22.7 Å². The Balaban J connectivity index is 2.07. The summed E-state index contributed by atoms with van der Waals surface area (Å²) >= 11 is 3.11. The van der Waals surface area contributed by atoms with Crippen molar-refractivity contribution < 1.29 is 18.7 Å². The lowest BCUT2D eigenvalue weighted by Gasteiger charge is -2.14. The van der Waals surface area contributed by atoms with Gasteiger partial charge in [-0.3, -0.25) is 9.48 Å². The smallest absolute Gasteiger partial charge is 0.341 e. The molecular formula is C16H17BrFN3O3.